The zero-order chi connectivity index (χ0) is 13.9. The lowest BCUT2D eigenvalue weighted by Gasteiger charge is -2.41. The van der Waals surface area contributed by atoms with E-state index in [1.54, 1.807) is 6.07 Å². The van der Waals surface area contributed by atoms with E-state index in [-0.39, 0.29) is 17.3 Å². The van der Waals surface area contributed by atoms with E-state index in [0.717, 1.165) is 18.4 Å². The van der Waals surface area contributed by atoms with Crippen molar-refractivity contribution in [3.63, 3.8) is 0 Å². The number of benzene rings is 1. The molecule has 0 aromatic heterocycles. The lowest BCUT2D eigenvalue weighted by atomic mass is 9.68. The minimum Gasteiger partial charge on any atom is -0.494 e. The molecule has 1 N–H and O–H groups in total. The average molecular weight is 265 g/mol. The molecule has 106 valence electrons. The standard InChI is InChI=1S/C16H24FNO/c1-16(10-5-4-6-11-16)15(18-2)12-8-7-9-13(19-3)14(12)17/h7-9,15,18H,4-6,10-11H2,1-3H3. The fraction of sp³-hybridized carbons (Fsp3) is 0.625. The third kappa shape index (κ3) is 2.76. The van der Waals surface area contributed by atoms with Gasteiger partial charge in [-0.15, -0.1) is 0 Å². The average Bonchev–Trinajstić information content (AvgIpc) is 2.42. The minimum absolute atomic E-state index is 0.0444. The highest BCUT2D eigenvalue weighted by Crippen LogP contribution is 2.46. The molecule has 19 heavy (non-hydrogen) atoms. The third-order valence-electron chi connectivity index (χ3n) is 4.51. The van der Waals surface area contributed by atoms with Crippen LogP contribution in [0.1, 0.15) is 50.6 Å². The highest BCUT2D eigenvalue weighted by atomic mass is 19.1. The van der Waals surface area contributed by atoms with Gasteiger partial charge >= 0.3 is 0 Å². The molecule has 1 aromatic carbocycles. The molecule has 0 aliphatic heterocycles. The van der Waals surface area contributed by atoms with Crippen molar-refractivity contribution >= 4 is 0 Å². The minimum atomic E-state index is -0.226. The van der Waals surface area contributed by atoms with Crippen LogP contribution in [0, 0.1) is 11.2 Å². The number of halogens is 1. The molecule has 1 aliphatic carbocycles. The summed E-state index contributed by atoms with van der Waals surface area (Å²) in [5.41, 5.74) is 0.853. The van der Waals surface area contributed by atoms with Crippen LogP contribution in [0.5, 0.6) is 5.75 Å². The Morgan fingerprint density at radius 2 is 1.95 bits per heavy atom. The van der Waals surface area contributed by atoms with Crippen LogP contribution in [0.2, 0.25) is 0 Å². The van der Waals surface area contributed by atoms with E-state index in [4.69, 9.17) is 4.74 Å². The molecule has 3 heteroatoms. The molecule has 2 nitrogen and oxygen atoms in total. The first-order valence-electron chi connectivity index (χ1n) is 7.12. The molecule has 1 fully saturated rings. The Bertz CT molecular complexity index is 427. The summed E-state index contributed by atoms with van der Waals surface area (Å²) in [5, 5.41) is 3.33. The smallest absolute Gasteiger partial charge is 0.169 e. The molecule has 0 saturated heterocycles. The molecule has 0 bridgehead atoms. The largest absolute Gasteiger partial charge is 0.494 e. The molecule has 1 unspecified atom stereocenters. The Balaban J connectivity index is 2.36. The SMILES string of the molecule is CNC(c1cccc(OC)c1F)C1(C)CCCCC1. The van der Waals surface area contributed by atoms with Crippen molar-refractivity contribution < 1.29 is 9.13 Å². The second kappa shape index (κ2) is 5.91. The fourth-order valence-electron chi connectivity index (χ4n) is 3.44. The molecule has 0 heterocycles. The summed E-state index contributed by atoms with van der Waals surface area (Å²) in [7, 11) is 3.43. The van der Waals surface area contributed by atoms with Crippen molar-refractivity contribution in [1.29, 1.82) is 0 Å². The van der Waals surface area contributed by atoms with Gasteiger partial charge in [-0.25, -0.2) is 4.39 Å². The molecule has 0 radical (unpaired) electrons. The van der Waals surface area contributed by atoms with E-state index in [2.05, 4.69) is 12.2 Å². The second-order valence-corrected chi connectivity index (χ2v) is 5.80. The monoisotopic (exact) mass is 265 g/mol. The van der Waals surface area contributed by atoms with Crippen LogP contribution < -0.4 is 10.1 Å². The molecular formula is C16H24FNO. The maximum absolute atomic E-state index is 14.5. The summed E-state index contributed by atoms with van der Waals surface area (Å²) >= 11 is 0. The Kier molecular flexibility index (Phi) is 4.46. The summed E-state index contributed by atoms with van der Waals surface area (Å²) in [6.45, 7) is 2.27. The van der Waals surface area contributed by atoms with Crippen molar-refractivity contribution in [1.82, 2.24) is 5.32 Å². The number of rotatable bonds is 4. The number of nitrogens with one attached hydrogen (secondary N) is 1. The Hall–Kier alpha value is -1.09. The van der Waals surface area contributed by atoms with Gasteiger partial charge in [0, 0.05) is 11.6 Å². The van der Waals surface area contributed by atoms with Gasteiger partial charge in [0.25, 0.3) is 0 Å². The maximum Gasteiger partial charge on any atom is 0.169 e. The first-order chi connectivity index (χ1) is 9.12. The van der Waals surface area contributed by atoms with Gasteiger partial charge in [0.05, 0.1) is 7.11 Å². The third-order valence-corrected chi connectivity index (χ3v) is 4.51. The summed E-state index contributed by atoms with van der Waals surface area (Å²) < 4.78 is 19.6. The topological polar surface area (TPSA) is 21.3 Å². The van der Waals surface area contributed by atoms with E-state index >= 15 is 0 Å². The lowest BCUT2D eigenvalue weighted by molar-refractivity contribution is 0.147. The Labute approximate surface area is 115 Å². The van der Waals surface area contributed by atoms with Crippen LogP contribution in [0.4, 0.5) is 4.39 Å². The zero-order valence-electron chi connectivity index (χ0n) is 12.1. The van der Waals surface area contributed by atoms with Gasteiger partial charge in [0.15, 0.2) is 11.6 Å². The number of hydrogen-bond acceptors (Lipinski definition) is 2. The van der Waals surface area contributed by atoms with Gasteiger partial charge in [0.1, 0.15) is 0 Å². The summed E-state index contributed by atoms with van der Waals surface area (Å²) in [6.07, 6.45) is 6.07. The molecule has 1 aromatic rings. The number of methoxy groups -OCH3 is 1. The van der Waals surface area contributed by atoms with Gasteiger partial charge in [-0.3, -0.25) is 0 Å². The predicted octanol–water partition coefficient (Wildman–Crippen LogP) is 4.07. The molecule has 1 saturated carbocycles. The summed E-state index contributed by atoms with van der Waals surface area (Å²) in [5.74, 6) is 0.105. The van der Waals surface area contributed by atoms with Crippen LogP contribution in [0.3, 0.4) is 0 Å². The van der Waals surface area contributed by atoms with Crippen LogP contribution in [-0.2, 0) is 0 Å². The van der Waals surface area contributed by atoms with Crippen molar-refractivity contribution in [2.24, 2.45) is 5.41 Å². The highest BCUT2D eigenvalue weighted by molar-refractivity contribution is 5.34. The van der Waals surface area contributed by atoms with Gasteiger partial charge in [-0.05, 0) is 31.4 Å². The lowest BCUT2D eigenvalue weighted by Crippen LogP contribution is -2.36. The predicted molar refractivity (Wildman–Crippen MR) is 75.9 cm³/mol. The fourth-order valence-corrected chi connectivity index (χ4v) is 3.44. The van der Waals surface area contributed by atoms with Crippen LogP contribution >= 0.6 is 0 Å². The molecular weight excluding hydrogens is 241 g/mol. The van der Waals surface area contributed by atoms with E-state index in [1.165, 1.54) is 26.4 Å². The molecule has 1 aliphatic rings. The molecule has 2 rings (SSSR count). The van der Waals surface area contributed by atoms with Gasteiger partial charge in [-0.1, -0.05) is 38.3 Å². The first kappa shape index (κ1) is 14.3. The van der Waals surface area contributed by atoms with Crippen molar-refractivity contribution in [2.45, 2.75) is 45.1 Å². The molecule has 0 spiro atoms. The van der Waals surface area contributed by atoms with Crippen LogP contribution in [0.25, 0.3) is 0 Å². The van der Waals surface area contributed by atoms with E-state index in [0.29, 0.717) is 5.75 Å². The Morgan fingerprint density at radius 3 is 2.53 bits per heavy atom. The van der Waals surface area contributed by atoms with Crippen molar-refractivity contribution in [3.8, 4) is 5.75 Å². The highest BCUT2D eigenvalue weighted by Gasteiger charge is 2.37. The summed E-state index contributed by atoms with van der Waals surface area (Å²) in [4.78, 5) is 0. The van der Waals surface area contributed by atoms with Crippen LogP contribution in [-0.4, -0.2) is 14.2 Å². The van der Waals surface area contributed by atoms with Gasteiger partial charge in [-0.2, -0.15) is 0 Å². The maximum atomic E-state index is 14.5. The Morgan fingerprint density at radius 1 is 1.26 bits per heavy atom. The van der Waals surface area contributed by atoms with Crippen molar-refractivity contribution in [2.75, 3.05) is 14.2 Å². The molecule has 0 amide bonds. The quantitative estimate of drug-likeness (QED) is 0.886. The molecule has 1 atom stereocenters. The van der Waals surface area contributed by atoms with Gasteiger partial charge < -0.3 is 10.1 Å². The zero-order valence-corrected chi connectivity index (χ0v) is 12.1. The normalized spacial score (nSPS) is 20.0. The van der Waals surface area contributed by atoms with E-state index in [1.807, 2.05) is 19.2 Å². The second-order valence-electron chi connectivity index (χ2n) is 5.80. The number of ether oxygens (including phenoxy) is 1. The first-order valence-corrected chi connectivity index (χ1v) is 7.12. The van der Waals surface area contributed by atoms with Crippen LogP contribution in [0.15, 0.2) is 18.2 Å². The van der Waals surface area contributed by atoms with E-state index in [9.17, 15) is 4.39 Å². The van der Waals surface area contributed by atoms with E-state index < -0.39 is 0 Å². The number of hydrogen-bond donors (Lipinski definition) is 1. The summed E-state index contributed by atoms with van der Waals surface area (Å²) in [6, 6.07) is 5.46. The van der Waals surface area contributed by atoms with Crippen molar-refractivity contribution in [3.05, 3.63) is 29.6 Å². The van der Waals surface area contributed by atoms with Gasteiger partial charge in [0.2, 0.25) is 0 Å².